The van der Waals surface area contributed by atoms with Crippen LogP contribution in [0.5, 0.6) is 0 Å². The predicted octanol–water partition coefficient (Wildman–Crippen LogP) is 23.6. The number of hydrogen-bond donors (Lipinski definition) is 5. The summed E-state index contributed by atoms with van der Waals surface area (Å²) in [5.41, 5.74) is 9.27. The molecule has 8 aromatic heterocycles. The van der Waals surface area contributed by atoms with Crippen LogP contribution in [0.3, 0.4) is 0 Å². The van der Waals surface area contributed by atoms with Gasteiger partial charge in [0.15, 0.2) is 23.3 Å². The van der Waals surface area contributed by atoms with Crippen molar-refractivity contribution in [2.45, 2.75) is 241 Å². The summed E-state index contributed by atoms with van der Waals surface area (Å²) in [5, 5.41) is 43.5. The van der Waals surface area contributed by atoms with Crippen LogP contribution in [0.25, 0.3) is 88.1 Å². The van der Waals surface area contributed by atoms with Gasteiger partial charge >= 0.3 is 0 Å². The SMILES string of the molecule is CC(=O)C[C@@H]1CCC[C@H](C(=O)Nc2cc(-c3cc(F)c4nn(C)c(C(C)(C)O)c4c3)c(Cl)cn2)C1.CC(=O)C[C@@H]1CCC[C@H](C(=O)Nc2cc(-c3cc(F)c4nn(C)c(C(C)C)c4c3)c(C)cn2)C1.CC(=O)C[C@@H]1CCC[C@H](C(=O)Nc2cc(-c3cc(F)c4nn(C)c(C(C)C)c4c3)c(Cl)cn2)C1.CC(=O)C[C@@H]1CCC[C@H](C(=O)Nc2cc(-c3cc(F)c4nn(C)c(C5CC5)c4c3)c(Cl)cn2)C1. The van der Waals surface area contributed by atoms with Gasteiger partial charge in [0.25, 0.3) is 0 Å². The molecular weight excluding hydrogens is 1810 g/mol. The largest absolute Gasteiger partial charge is 0.384 e. The maximum atomic E-state index is 15.0. The Labute approximate surface area is 810 Å². The number of carbonyl (C=O) groups excluding carboxylic acids is 8. The number of halogens is 7. The predicted molar refractivity (Wildman–Crippen MR) is 528 cm³/mol. The minimum atomic E-state index is -1.24. The standard InChI is InChI=1S/C27H33FN4O2.C26H30ClFN4O3.C26H28ClFN4O2.C26H30ClFN4O2/c1-15(2)26-22-11-20(12-23(28)25(22)31-32(26)5)21-13-24(29-14-16(21)3)30-27(34)19-8-6-7-18(10-19)9-17(4)33;1-14(33)8-15-6-5-7-16(9-15)25(34)30-22-12-18(20(27)13-29-22)17-10-19-23(21(28)11-17)31-32(4)24(19)26(2,3)35;1-14(33)8-15-4-3-5-17(9-15)26(34)30-23-12-19(21(27)13-29-23)18-10-20-24(22(28)11-18)31-32(2)25(20)16-6-7-16;1-14(2)25-20-10-18(11-22(28)24(20)31-32(25)4)19-12-23(29-13-21(19)27)30-26(34)17-7-5-6-16(9-17)8-15(3)33/h11-15,18-19H,6-10H2,1-5H3,(H,29,30,34);10-13,15-16,35H,5-9H2,1-4H3,(H,29,30,34);10-13,15-17H,3-9H2,1-2H3,(H,29,30,34);10-14,16-17H,5-9H2,1-4H3,(H,29,30,34)/t18-,19-;15-,16-;15-,17-;16-,17-/m0000/s1. The van der Waals surface area contributed by atoms with Crippen LogP contribution in [-0.2, 0) is 72.1 Å². The van der Waals surface area contributed by atoms with E-state index in [1.807, 2.05) is 66.2 Å². The monoisotopic (exact) mass is 1930 g/mol. The summed E-state index contributed by atoms with van der Waals surface area (Å²) in [7, 11) is 7.16. The van der Waals surface area contributed by atoms with Crippen molar-refractivity contribution in [1.82, 2.24) is 59.1 Å². The summed E-state index contributed by atoms with van der Waals surface area (Å²) < 4.78 is 66.7. The molecule has 0 aliphatic heterocycles. The summed E-state index contributed by atoms with van der Waals surface area (Å²) in [5.74, 6) is 1.19. The molecule has 0 unspecified atom stereocenters. The number of benzene rings is 4. The first kappa shape index (κ1) is 101. The van der Waals surface area contributed by atoms with E-state index in [9.17, 15) is 52.2 Å². The van der Waals surface area contributed by atoms with E-state index >= 15 is 8.78 Å². The van der Waals surface area contributed by atoms with Gasteiger partial charge in [0.05, 0.1) is 20.8 Å². The number of aliphatic hydroxyl groups is 1. The molecule has 5 aliphatic rings. The topological polar surface area (TPSA) is 328 Å². The van der Waals surface area contributed by atoms with Gasteiger partial charge in [0.1, 0.15) is 74.1 Å². The quantitative estimate of drug-likeness (QED) is 0.0351. The first-order valence-electron chi connectivity index (χ1n) is 47.5. The third-order valence-corrected chi connectivity index (χ3v) is 28.1. The Kier molecular flexibility index (Phi) is 32.0. The van der Waals surface area contributed by atoms with Gasteiger partial charge in [-0.15, -0.1) is 0 Å². The number of carbonyl (C=O) groups is 8. The number of anilines is 4. The second-order valence-electron chi connectivity index (χ2n) is 39.6. The van der Waals surface area contributed by atoms with Crippen LogP contribution in [0.15, 0.2) is 97.6 Å². The van der Waals surface area contributed by atoms with Gasteiger partial charge < -0.3 is 45.6 Å². The molecule has 0 spiro atoms. The molecular formula is C105H121Cl3F4N16O9. The number of Topliss-reactive ketones (excluding diaryl/α,β-unsaturated/α-hetero) is 4. The minimum Gasteiger partial charge on any atom is -0.384 e. The molecule has 25 nitrogen and oxygen atoms in total. The molecule has 8 atom stereocenters. The molecule has 5 fully saturated rings. The Hall–Kier alpha value is -11.5. The third kappa shape index (κ3) is 24.2. The highest BCUT2D eigenvalue weighted by Crippen LogP contribution is 2.47. The first-order chi connectivity index (χ1) is 65.0. The van der Waals surface area contributed by atoms with E-state index in [2.05, 4.69) is 75.4 Å². The molecule has 137 heavy (non-hydrogen) atoms. The average Bonchev–Trinajstić information content (AvgIpc) is 1.59. The highest BCUT2D eigenvalue weighted by Gasteiger charge is 2.36. The zero-order chi connectivity index (χ0) is 98.6. The van der Waals surface area contributed by atoms with E-state index in [1.54, 1.807) is 93.1 Å². The summed E-state index contributed by atoms with van der Waals surface area (Å²) in [4.78, 5) is 115. The zero-order valence-electron chi connectivity index (χ0n) is 80.4. The lowest BCUT2D eigenvalue weighted by Crippen LogP contribution is -2.29. The summed E-state index contributed by atoms with van der Waals surface area (Å²) in [6.45, 7) is 19.8. The molecule has 32 heteroatoms. The lowest BCUT2D eigenvalue weighted by molar-refractivity contribution is -0.123. The lowest BCUT2D eigenvalue weighted by Gasteiger charge is -2.27. The van der Waals surface area contributed by atoms with Crippen molar-refractivity contribution >= 4 is 148 Å². The Bertz CT molecular complexity index is 6200. The van der Waals surface area contributed by atoms with Crippen molar-refractivity contribution in [3.05, 3.63) is 164 Å². The van der Waals surface area contributed by atoms with Crippen LogP contribution >= 0.6 is 34.8 Å². The smallest absolute Gasteiger partial charge is 0.228 e. The summed E-state index contributed by atoms with van der Waals surface area (Å²) >= 11 is 19.3. The zero-order valence-corrected chi connectivity index (χ0v) is 82.6. The van der Waals surface area contributed by atoms with Gasteiger partial charge in [0.2, 0.25) is 23.6 Å². The second kappa shape index (κ2) is 43.2. The van der Waals surface area contributed by atoms with Crippen molar-refractivity contribution in [1.29, 1.82) is 0 Å². The molecule has 0 radical (unpaired) electrons. The van der Waals surface area contributed by atoms with E-state index in [1.165, 1.54) is 47.5 Å². The third-order valence-electron chi connectivity index (χ3n) is 27.2. The van der Waals surface area contributed by atoms with Crippen LogP contribution in [0.1, 0.15) is 257 Å². The van der Waals surface area contributed by atoms with E-state index in [0.717, 1.165) is 146 Å². The number of aromatic nitrogens is 12. The van der Waals surface area contributed by atoms with E-state index in [4.69, 9.17) is 34.8 Å². The fourth-order valence-electron chi connectivity index (χ4n) is 21.1. The number of fused-ring (bicyclic) bond motifs is 4. The number of amides is 4. The molecule has 8 heterocycles. The van der Waals surface area contributed by atoms with Crippen molar-refractivity contribution < 1.29 is 61.0 Å². The number of rotatable bonds is 24. The Morgan fingerprint density at radius 1 is 0.387 bits per heavy atom. The Morgan fingerprint density at radius 2 is 0.664 bits per heavy atom. The van der Waals surface area contributed by atoms with Crippen LogP contribution < -0.4 is 21.3 Å². The van der Waals surface area contributed by atoms with E-state index < -0.39 is 23.1 Å². The molecule has 12 aromatic rings. The van der Waals surface area contributed by atoms with Crippen molar-refractivity contribution in [2.24, 2.45) is 75.5 Å². The average molecular weight is 1930 g/mol. The molecule has 5 aliphatic carbocycles. The molecule has 5 saturated carbocycles. The Morgan fingerprint density at radius 3 is 0.978 bits per heavy atom. The van der Waals surface area contributed by atoms with Crippen molar-refractivity contribution in [3.63, 3.8) is 0 Å². The second-order valence-corrected chi connectivity index (χ2v) is 40.8. The molecule has 0 saturated heterocycles. The van der Waals surface area contributed by atoms with E-state index in [0.29, 0.717) is 150 Å². The van der Waals surface area contributed by atoms with Gasteiger partial charge in [-0.25, -0.2) is 37.5 Å². The van der Waals surface area contributed by atoms with Crippen LogP contribution in [0.2, 0.25) is 15.1 Å². The fraction of sp³-hybridized carbons (Fsp3) is 0.467. The summed E-state index contributed by atoms with van der Waals surface area (Å²) in [6.07, 6.45) is 24.0. The van der Waals surface area contributed by atoms with Crippen molar-refractivity contribution in [2.75, 3.05) is 21.3 Å². The van der Waals surface area contributed by atoms with Gasteiger partial charge in [-0.1, -0.05) is 88.2 Å². The maximum absolute atomic E-state index is 15.0. The molecule has 4 aromatic carbocycles. The molecule has 4 amide bonds. The van der Waals surface area contributed by atoms with Crippen LogP contribution in [0, 0.1) is 77.5 Å². The van der Waals surface area contributed by atoms with Gasteiger partial charge in [0, 0.05) is 164 Å². The molecule has 17 rings (SSSR count). The van der Waals surface area contributed by atoms with Gasteiger partial charge in [-0.05, 0) is 280 Å². The van der Waals surface area contributed by atoms with Crippen LogP contribution in [-0.4, -0.2) is 111 Å². The van der Waals surface area contributed by atoms with Gasteiger partial charge in [-0.3, -0.25) is 37.9 Å². The number of nitrogens with one attached hydrogen (secondary N) is 4. The first-order valence-corrected chi connectivity index (χ1v) is 48.7. The number of ketones is 4. The lowest BCUT2D eigenvalue weighted by atomic mass is 9.79. The van der Waals surface area contributed by atoms with Crippen LogP contribution in [0.4, 0.5) is 40.8 Å². The molecule has 724 valence electrons. The number of aryl methyl sites for hydroxylation is 5. The fourth-order valence-corrected chi connectivity index (χ4v) is 21.8. The van der Waals surface area contributed by atoms with Crippen molar-refractivity contribution in [3.8, 4) is 44.5 Å². The van der Waals surface area contributed by atoms with Gasteiger partial charge in [-0.2, -0.15) is 20.4 Å². The molecule has 0 bridgehead atoms. The number of pyridine rings is 4. The van der Waals surface area contributed by atoms with E-state index in [-0.39, 0.29) is 117 Å². The Balaban J connectivity index is 0.000000146. The number of nitrogens with zero attached hydrogens (tertiary/aromatic N) is 12. The maximum Gasteiger partial charge on any atom is 0.228 e. The molecule has 5 N–H and O–H groups in total. The number of hydrogen-bond acceptors (Lipinski definition) is 17. The normalized spacial score (nSPS) is 19.0. The summed E-state index contributed by atoms with van der Waals surface area (Å²) in [6, 6.07) is 20.0. The highest BCUT2D eigenvalue weighted by atomic mass is 35.5. The highest BCUT2D eigenvalue weighted by molar-refractivity contribution is 6.34. The minimum absolute atomic E-state index is 0.0634.